The quantitative estimate of drug-likeness (QED) is 0.823. The Morgan fingerprint density at radius 2 is 2.09 bits per heavy atom. The Bertz CT molecular complexity index is 547. The molecule has 0 aromatic heterocycles. The number of ether oxygens (including phenoxy) is 2. The van der Waals surface area contributed by atoms with E-state index >= 15 is 0 Å². The Morgan fingerprint density at radius 1 is 1.43 bits per heavy atom. The van der Waals surface area contributed by atoms with Crippen molar-refractivity contribution in [3.63, 3.8) is 0 Å². The van der Waals surface area contributed by atoms with E-state index in [1.54, 1.807) is 31.2 Å². The van der Waals surface area contributed by atoms with E-state index < -0.39 is 6.10 Å². The largest absolute Gasteiger partial charge is 0.481 e. The fourth-order valence-electron chi connectivity index (χ4n) is 2.60. The van der Waals surface area contributed by atoms with Gasteiger partial charge in [0.1, 0.15) is 5.75 Å². The van der Waals surface area contributed by atoms with Gasteiger partial charge in [-0.15, -0.1) is 0 Å². The summed E-state index contributed by atoms with van der Waals surface area (Å²) >= 11 is 0. The summed E-state index contributed by atoms with van der Waals surface area (Å²) in [7, 11) is 0. The van der Waals surface area contributed by atoms with Crippen molar-refractivity contribution >= 4 is 5.91 Å². The lowest BCUT2D eigenvalue weighted by molar-refractivity contribution is -0.129. The van der Waals surface area contributed by atoms with Crippen LogP contribution in [0.5, 0.6) is 5.75 Å². The molecule has 0 bridgehead atoms. The molecule has 1 fully saturated rings. The number of amides is 1. The van der Waals surface area contributed by atoms with Crippen LogP contribution in [0.15, 0.2) is 24.3 Å². The molecule has 0 unspecified atom stereocenters. The highest BCUT2D eigenvalue weighted by molar-refractivity contribution is 5.81. The third kappa shape index (κ3) is 4.95. The van der Waals surface area contributed by atoms with Gasteiger partial charge in [-0.3, -0.25) is 4.79 Å². The molecule has 6 nitrogen and oxygen atoms in total. The molecule has 124 valence electrons. The van der Waals surface area contributed by atoms with Gasteiger partial charge in [-0.2, -0.15) is 5.26 Å². The van der Waals surface area contributed by atoms with E-state index in [2.05, 4.69) is 5.32 Å². The number of rotatable bonds is 6. The molecule has 1 aromatic rings. The van der Waals surface area contributed by atoms with Gasteiger partial charge in [0.2, 0.25) is 0 Å². The number of hydrogen-bond acceptors (Lipinski definition) is 5. The fourth-order valence-corrected chi connectivity index (χ4v) is 2.60. The van der Waals surface area contributed by atoms with E-state index in [0.717, 1.165) is 12.8 Å². The van der Waals surface area contributed by atoms with Crippen LogP contribution < -0.4 is 10.1 Å². The summed E-state index contributed by atoms with van der Waals surface area (Å²) in [6.07, 6.45) is 0.976. The van der Waals surface area contributed by atoms with Crippen molar-refractivity contribution in [2.24, 2.45) is 5.92 Å². The van der Waals surface area contributed by atoms with Crippen molar-refractivity contribution in [2.75, 3.05) is 19.8 Å². The van der Waals surface area contributed by atoms with Crippen LogP contribution in [0.1, 0.15) is 25.3 Å². The number of benzene rings is 1. The minimum Gasteiger partial charge on any atom is -0.481 e. The van der Waals surface area contributed by atoms with E-state index in [4.69, 9.17) is 14.7 Å². The van der Waals surface area contributed by atoms with E-state index in [-0.39, 0.29) is 24.5 Å². The molecular weight excluding hydrogens is 296 g/mol. The highest BCUT2D eigenvalue weighted by Crippen LogP contribution is 2.19. The second-order valence-electron chi connectivity index (χ2n) is 5.64. The molecule has 1 amide bonds. The highest BCUT2D eigenvalue weighted by Gasteiger charge is 2.27. The third-order valence-corrected chi connectivity index (χ3v) is 4.02. The summed E-state index contributed by atoms with van der Waals surface area (Å²) in [5.41, 5.74) is 0.536. The Kier molecular flexibility index (Phi) is 6.39. The molecular formula is C17H22N2O4. The first kappa shape index (κ1) is 17.3. The molecule has 2 atom stereocenters. The molecule has 6 heteroatoms. The maximum Gasteiger partial charge on any atom is 0.261 e. The average Bonchev–Trinajstić information content (AvgIpc) is 2.60. The number of carbonyl (C=O) groups excluding carboxylic acids is 1. The normalized spacial score (nSPS) is 17.8. The van der Waals surface area contributed by atoms with Crippen LogP contribution in [0, 0.1) is 17.2 Å². The van der Waals surface area contributed by atoms with Crippen molar-refractivity contribution in [3.8, 4) is 11.8 Å². The van der Waals surface area contributed by atoms with Crippen LogP contribution >= 0.6 is 0 Å². The Morgan fingerprint density at radius 3 is 2.65 bits per heavy atom. The zero-order valence-corrected chi connectivity index (χ0v) is 13.2. The van der Waals surface area contributed by atoms with Gasteiger partial charge in [0.05, 0.1) is 24.3 Å². The molecule has 2 rings (SSSR count). The van der Waals surface area contributed by atoms with Crippen LogP contribution in [-0.4, -0.2) is 43.0 Å². The average molecular weight is 318 g/mol. The fraction of sp³-hybridized carbons (Fsp3) is 0.529. The second kappa shape index (κ2) is 8.51. The molecule has 1 heterocycles. The first-order valence-electron chi connectivity index (χ1n) is 7.80. The van der Waals surface area contributed by atoms with Crippen LogP contribution in [0.2, 0.25) is 0 Å². The first-order valence-corrected chi connectivity index (χ1v) is 7.80. The summed E-state index contributed by atoms with van der Waals surface area (Å²) in [6.45, 7) is 2.88. The van der Waals surface area contributed by atoms with Crippen molar-refractivity contribution in [2.45, 2.75) is 31.9 Å². The molecule has 0 aliphatic carbocycles. The van der Waals surface area contributed by atoms with Gasteiger partial charge in [-0.05, 0) is 49.9 Å². The maximum atomic E-state index is 12.3. The van der Waals surface area contributed by atoms with Gasteiger partial charge in [-0.1, -0.05) is 0 Å². The van der Waals surface area contributed by atoms with E-state index in [1.807, 2.05) is 6.07 Å². The summed E-state index contributed by atoms with van der Waals surface area (Å²) in [6, 6.07) is 8.34. The van der Waals surface area contributed by atoms with Crippen LogP contribution in [0.3, 0.4) is 0 Å². The number of hydrogen-bond donors (Lipinski definition) is 2. The number of aliphatic hydroxyl groups excluding tert-OH is 1. The lowest BCUT2D eigenvalue weighted by Crippen LogP contribution is -2.48. The topological polar surface area (TPSA) is 91.6 Å². The predicted molar refractivity (Wildman–Crippen MR) is 83.8 cm³/mol. The molecule has 1 aromatic carbocycles. The summed E-state index contributed by atoms with van der Waals surface area (Å²) in [4.78, 5) is 12.3. The summed E-state index contributed by atoms with van der Waals surface area (Å²) in [5.74, 6) is 0.484. The van der Waals surface area contributed by atoms with Gasteiger partial charge in [-0.25, -0.2) is 0 Å². The predicted octanol–water partition coefficient (Wildman–Crippen LogP) is 1.23. The number of nitrogens with one attached hydrogen (secondary N) is 1. The molecule has 1 saturated heterocycles. The van der Waals surface area contributed by atoms with Crippen LogP contribution in [0.4, 0.5) is 0 Å². The number of aliphatic hydroxyl groups is 1. The molecule has 23 heavy (non-hydrogen) atoms. The summed E-state index contributed by atoms with van der Waals surface area (Å²) in [5, 5.41) is 21.1. The standard InChI is InChI=1S/C17H22N2O4/c1-12(23-15-4-2-13(10-18)3-5-15)17(21)19-16(11-20)14-6-8-22-9-7-14/h2-5,12,14,16,20H,6-9,11H2,1H3,(H,19,21)/t12-,16-/m0/s1. The lowest BCUT2D eigenvalue weighted by Gasteiger charge is -2.30. The maximum absolute atomic E-state index is 12.3. The van der Waals surface area contributed by atoms with E-state index in [0.29, 0.717) is 24.5 Å². The second-order valence-corrected chi connectivity index (χ2v) is 5.64. The van der Waals surface area contributed by atoms with Gasteiger partial charge >= 0.3 is 0 Å². The third-order valence-electron chi connectivity index (χ3n) is 4.02. The molecule has 0 radical (unpaired) electrons. The SMILES string of the molecule is C[C@H](Oc1ccc(C#N)cc1)C(=O)N[C@@H](CO)C1CCOCC1. The minimum atomic E-state index is -0.683. The summed E-state index contributed by atoms with van der Waals surface area (Å²) < 4.78 is 10.9. The van der Waals surface area contributed by atoms with Crippen molar-refractivity contribution in [1.82, 2.24) is 5.32 Å². The monoisotopic (exact) mass is 318 g/mol. The van der Waals surface area contributed by atoms with Crippen molar-refractivity contribution < 1.29 is 19.4 Å². The molecule has 1 aliphatic rings. The van der Waals surface area contributed by atoms with Gasteiger partial charge in [0, 0.05) is 13.2 Å². The molecule has 0 spiro atoms. The molecule has 1 aliphatic heterocycles. The Balaban J connectivity index is 1.88. The first-order chi connectivity index (χ1) is 11.1. The Hall–Kier alpha value is -2.10. The van der Waals surface area contributed by atoms with Gasteiger partial charge < -0.3 is 19.9 Å². The lowest BCUT2D eigenvalue weighted by atomic mass is 9.92. The van der Waals surface area contributed by atoms with Crippen molar-refractivity contribution in [1.29, 1.82) is 5.26 Å². The van der Waals surface area contributed by atoms with Gasteiger partial charge in [0.25, 0.3) is 5.91 Å². The molecule has 0 saturated carbocycles. The van der Waals surface area contributed by atoms with Crippen LogP contribution in [-0.2, 0) is 9.53 Å². The molecule has 2 N–H and O–H groups in total. The van der Waals surface area contributed by atoms with E-state index in [9.17, 15) is 9.90 Å². The van der Waals surface area contributed by atoms with E-state index in [1.165, 1.54) is 0 Å². The van der Waals surface area contributed by atoms with Crippen molar-refractivity contribution in [3.05, 3.63) is 29.8 Å². The number of nitriles is 1. The smallest absolute Gasteiger partial charge is 0.261 e. The zero-order valence-electron chi connectivity index (χ0n) is 13.2. The number of carbonyl (C=O) groups is 1. The highest BCUT2D eigenvalue weighted by atomic mass is 16.5. The minimum absolute atomic E-state index is 0.0972. The van der Waals surface area contributed by atoms with Crippen LogP contribution in [0.25, 0.3) is 0 Å². The number of nitrogens with zero attached hydrogens (tertiary/aromatic N) is 1. The zero-order chi connectivity index (χ0) is 16.7. The van der Waals surface area contributed by atoms with Gasteiger partial charge in [0.15, 0.2) is 6.10 Å². The Labute approximate surface area is 136 Å².